The maximum atomic E-state index is 12.0. The van der Waals surface area contributed by atoms with Crippen LogP contribution in [0.3, 0.4) is 0 Å². The standard InChI is InChI=1S/C13H25N3O2S/c1-4-10-8-16(5-6-19-10)11(17)7-15-13(18)12(14)9(2)3/h9-10,12H,4-8,14H2,1-3H3,(H,15,18)/t10?,12-/m0/s1. The predicted molar refractivity (Wildman–Crippen MR) is 78.9 cm³/mol. The molecule has 1 heterocycles. The van der Waals surface area contributed by atoms with Crippen LogP contribution in [0, 0.1) is 5.92 Å². The van der Waals surface area contributed by atoms with Crippen molar-refractivity contribution in [2.24, 2.45) is 11.7 Å². The molecule has 0 aromatic heterocycles. The van der Waals surface area contributed by atoms with Crippen LogP contribution in [0.15, 0.2) is 0 Å². The van der Waals surface area contributed by atoms with Crippen molar-refractivity contribution in [2.45, 2.75) is 38.5 Å². The molecule has 0 radical (unpaired) electrons. The van der Waals surface area contributed by atoms with Crippen molar-refractivity contribution < 1.29 is 9.59 Å². The summed E-state index contributed by atoms with van der Waals surface area (Å²) in [5.41, 5.74) is 5.73. The molecule has 1 aliphatic rings. The molecule has 0 aromatic carbocycles. The van der Waals surface area contributed by atoms with Crippen molar-refractivity contribution in [3.63, 3.8) is 0 Å². The first-order valence-corrected chi connectivity index (χ1v) is 7.93. The van der Waals surface area contributed by atoms with E-state index in [2.05, 4.69) is 12.2 Å². The summed E-state index contributed by atoms with van der Waals surface area (Å²) in [7, 11) is 0. The number of hydrogen-bond donors (Lipinski definition) is 2. The molecule has 6 heteroatoms. The summed E-state index contributed by atoms with van der Waals surface area (Å²) in [6.07, 6.45) is 1.07. The number of carbonyl (C=O) groups excluding carboxylic acids is 2. The maximum Gasteiger partial charge on any atom is 0.242 e. The Bertz CT molecular complexity index is 323. The van der Waals surface area contributed by atoms with Crippen LogP contribution >= 0.6 is 11.8 Å². The summed E-state index contributed by atoms with van der Waals surface area (Å²) >= 11 is 1.92. The second kappa shape index (κ2) is 7.75. The quantitative estimate of drug-likeness (QED) is 0.769. The van der Waals surface area contributed by atoms with Crippen LogP contribution in [0.5, 0.6) is 0 Å². The first-order chi connectivity index (χ1) is 8.95. The van der Waals surface area contributed by atoms with Crippen LogP contribution in [0.2, 0.25) is 0 Å². The number of nitrogens with zero attached hydrogens (tertiary/aromatic N) is 1. The predicted octanol–water partition coefficient (Wildman–Crippen LogP) is 0.440. The van der Waals surface area contributed by atoms with Gasteiger partial charge in [0.1, 0.15) is 0 Å². The highest BCUT2D eigenvalue weighted by Crippen LogP contribution is 2.20. The van der Waals surface area contributed by atoms with Gasteiger partial charge in [0.2, 0.25) is 11.8 Å². The number of amides is 2. The van der Waals surface area contributed by atoms with Crippen LogP contribution < -0.4 is 11.1 Å². The van der Waals surface area contributed by atoms with E-state index in [1.54, 1.807) is 0 Å². The lowest BCUT2D eigenvalue weighted by Crippen LogP contribution is -2.50. The molecule has 0 aromatic rings. The minimum absolute atomic E-state index is 0.0111. The van der Waals surface area contributed by atoms with Crippen LogP contribution in [0.4, 0.5) is 0 Å². The number of nitrogens with one attached hydrogen (secondary N) is 1. The lowest BCUT2D eigenvalue weighted by molar-refractivity contribution is -0.133. The third kappa shape index (κ3) is 5.03. The summed E-state index contributed by atoms with van der Waals surface area (Å²) in [5.74, 6) is 0.791. The first-order valence-electron chi connectivity index (χ1n) is 6.88. The minimum atomic E-state index is -0.548. The molecule has 0 aliphatic carbocycles. The second-order valence-corrected chi connectivity index (χ2v) is 6.64. The average molecular weight is 287 g/mol. The molecule has 2 atom stereocenters. The van der Waals surface area contributed by atoms with Gasteiger partial charge in [-0.3, -0.25) is 9.59 Å². The topological polar surface area (TPSA) is 75.4 Å². The van der Waals surface area contributed by atoms with Crippen molar-refractivity contribution in [1.29, 1.82) is 0 Å². The Labute approximate surface area is 119 Å². The molecule has 1 aliphatic heterocycles. The Morgan fingerprint density at radius 3 is 2.74 bits per heavy atom. The molecule has 1 rings (SSSR count). The number of carbonyl (C=O) groups is 2. The van der Waals surface area contributed by atoms with Crippen molar-refractivity contribution >= 4 is 23.6 Å². The highest BCUT2D eigenvalue weighted by molar-refractivity contribution is 8.00. The third-order valence-electron chi connectivity index (χ3n) is 3.38. The maximum absolute atomic E-state index is 12.0. The van der Waals surface area contributed by atoms with Crippen LogP contribution in [-0.2, 0) is 9.59 Å². The summed E-state index contributed by atoms with van der Waals surface area (Å²) < 4.78 is 0. The number of thioether (sulfide) groups is 1. The largest absolute Gasteiger partial charge is 0.346 e. The Kier molecular flexibility index (Phi) is 6.65. The molecular weight excluding hydrogens is 262 g/mol. The molecule has 0 spiro atoms. The smallest absolute Gasteiger partial charge is 0.242 e. The van der Waals surface area contributed by atoms with Gasteiger partial charge in [0.15, 0.2) is 0 Å². The highest BCUT2D eigenvalue weighted by atomic mass is 32.2. The summed E-state index contributed by atoms with van der Waals surface area (Å²) in [4.78, 5) is 25.5. The van der Waals surface area contributed by atoms with Crippen molar-refractivity contribution in [1.82, 2.24) is 10.2 Å². The summed E-state index contributed by atoms with van der Waals surface area (Å²) in [6.45, 7) is 7.52. The van der Waals surface area contributed by atoms with E-state index in [0.29, 0.717) is 5.25 Å². The summed E-state index contributed by atoms with van der Waals surface area (Å²) in [5, 5.41) is 3.15. The SMILES string of the molecule is CCC1CN(C(=O)CNC(=O)[C@@H](N)C(C)C)CCS1. The van der Waals surface area contributed by atoms with E-state index in [9.17, 15) is 9.59 Å². The van der Waals surface area contributed by atoms with Gasteiger partial charge in [-0.1, -0.05) is 20.8 Å². The first kappa shape index (κ1) is 16.3. The van der Waals surface area contributed by atoms with Gasteiger partial charge in [0.25, 0.3) is 0 Å². The van der Waals surface area contributed by atoms with Crippen molar-refractivity contribution in [2.75, 3.05) is 25.4 Å². The molecule has 0 bridgehead atoms. The molecule has 0 saturated carbocycles. The normalized spacial score (nSPS) is 21.3. The van der Waals surface area contributed by atoms with Gasteiger partial charge in [-0.25, -0.2) is 0 Å². The molecule has 110 valence electrons. The molecule has 5 nitrogen and oxygen atoms in total. The highest BCUT2D eigenvalue weighted by Gasteiger charge is 2.24. The van der Waals surface area contributed by atoms with Gasteiger partial charge in [-0.2, -0.15) is 11.8 Å². The van der Waals surface area contributed by atoms with Gasteiger partial charge >= 0.3 is 0 Å². The van der Waals surface area contributed by atoms with E-state index in [-0.39, 0.29) is 24.3 Å². The molecule has 3 N–H and O–H groups in total. The Morgan fingerprint density at radius 1 is 1.47 bits per heavy atom. The number of hydrogen-bond acceptors (Lipinski definition) is 4. The molecular formula is C13H25N3O2S. The van der Waals surface area contributed by atoms with E-state index < -0.39 is 6.04 Å². The third-order valence-corrected chi connectivity index (χ3v) is 4.75. The molecule has 1 saturated heterocycles. The fourth-order valence-corrected chi connectivity index (χ4v) is 3.07. The minimum Gasteiger partial charge on any atom is -0.346 e. The number of nitrogens with two attached hydrogens (primary N) is 1. The molecule has 19 heavy (non-hydrogen) atoms. The molecule has 1 unspecified atom stereocenters. The van der Waals surface area contributed by atoms with Crippen molar-refractivity contribution in [3.05, 3.63) is 0 Å². The lowest BCUT2D eigenvalue weighted by Gasteiger charge is -2.32. The lowest BCUT2D eigenvalue weighted by atomic mass is 10.1. The van der Waals surface area contributed by atoms with E-state index in [0.717, 1.165) is 25.3 Å². The van der Waals surface area contributed by atoms with Crippen LogP contribution in [0.25, 0.3) is 0 Å². The van der Waals surface area contributed by atoms with Crippen LogP contribution in [0.1, 0.15) is 27.2 Å². The van der Waals surface area contributed by atoms with E-state index in [4.69, 9.17) is 5.73 Å². The zero-order valence-corrected chi connectivity index (χ0v) is 12.8. The van der Waals surface area contributed by atoms with E-state index >= 15 is 0 Å². The Balaban J connectivity index is 2.36. The Hall–Kier alpha value is -0.750. The summed E-state index contributed by atoms with van der Waals surface area (Å²) in [6, 6.07) is -0.548. The number of rotatable bonds is 5. The van der Waals surface area contributed by atoms with Gasteiger partial charge in [0, 0.05) is 24.1 Å². The van der Waals surface area contributed by atoms with E-state index in [1.165, 1.54) is 0 Å². The van der Waals surface area contributed by atoms with Gasteiger partial charge in [0.05, 0.1) is 12.6 Å². The average Bonchev–Trinajstić information content (AvgIpc) is 2.43. The van der Waals surface area contributed by atoms with Gasteiger partial charge in [-0.05, 0) is 12.3 Å². The zero-order valence-electron chi connectivity index (χ0n) is 12.0. The van der Waals surface area contributed by atoms with Crippen molar-refractivity contribution in [3.8, 4) is 0 Å². The fraction of sp³-hybridized carbons (Fsp3) is 0.846. The van der Waals surface area contributed by atoms with E-state index in [1.807, 2.05) is 30.5 Å². The second-order valence-electron chi connectivity index (χ2n) is 5.23. The molecule has 1 fully saturated rings. The van der Waals surface area contributed by atoms with Gasteiger partial charge < -0.3 is 16.0 Å². The van der Waals surface area contributed by atoms with Gasteiger partial charge in [-0.15, -0.1) is 0 Å². The van der Waals surface area contributed by atoms with Crippen LogP contribution in [-0.4, -0.2) is 53.4 Å². The molecule has 2 amide bonds. The fourth-order valence-electron chi connectivity index (χ4n) is 1.89. The Morgan fingerprint density at radius 2 is 2.16 bits per heavy atom. The monoisotopic (exact) mass is 287 g/mol. The zero-order chi connectivity index (χ0) is 14.4.